The van der Waals surface area contributed by atoms with E-state index in [0.29, 0.717) is 12.3 Å². The molecule has 17 heavy (non-hydrogen) atoms. The number of hydrogen-bond donors (Lipinski definition) is 1. The highest BCUT2D eigenvalue weighted by atomic mass is 79.9. The van der Waals surface area contributed by atoms with E-state index in [1.807, 2.05) is 19.1 Å². The third-order valence-electron chi connectivity index (χ3n) is 3.81. The fourth-order valence-corrected chi connectivity index (χ4v) is 2.98. The van der Waals surface area contributed by atoms with Gasteiger partial charge >= 0.3 is 0 Å². The third-order valence-corrected chi connectivity index (χ3v) is 4.28. The lowest BCUT2D eigenvalue weighted by atomic mass is 9.76. The van der Waals surface area contributed by atoms with Crippen LogP contribution in [0.25, 0.3) is 0 Å². The molecule has 1 heterocycles. The lowest BCUT2D eigenvalue weighted by Crippen LogP contribution is -2.38. The Labute approximate surface area is 112 Å². The first-order valence-electron chi connectivity index (χ1n) is 6.41. The predicted octanol–water partition coefficient (Wildman–Crippen LogP) is 3.72. The molecule has 1 unspecified atom stereocenters. The SMILES string of the molecule is CC(O)(Cc1ccc(Br)cn1)C1CCCCC1. The number of aromatic nitrogens is 1. The van der Waals surface area contributed by atoms with Gasteiger partial charge in [-0.1, -0.05) is 19.3 Å². The highest BCUT2D eigenvalue weighted by Crippen LogP contribution is 2.34. The first-order valence-corrected chi connectivity index (χ1v) is 7.20. The summed E-state index contributed by atoms with van der Waals surface area (Å²) in [5, 5.41) is 10.6. The molecule has 0 spiro atoms. The smallest absolute Gasteiger partial charge is 0.0703 e. The average molecular weight is 298 g/mol. The van der Waals surface area contributed by atoms with Gasteiger partial charge in [-0.2, -0.15) is 0 Å². The van der Waals surface area contributed by atoms with Crippen LogP contribution in [-0.4, -0.2) is 15.7 Å². The number of nitrogens with zero attached hydrogens (tertiary/aromatic N) is 1. The van der Waals surface area contributed by atoms with Crippen molar-refractivity contribution in [2.45, 2.75) is 51.0 Å². The van der Waals surface area contributed by atoms with E-state index < -0.39 is 5.60 Å². The minimum Gasteiger partial charge on any atom is -0.389 e. The third kappa shape index (κ3) is 3.52. The normalized spacial score (nSPS) is 21.1. The molecule has 1 saturated carbocycles. The Kier molecular flexibility index (Phi) is 4.21. The Morgan fingerprint density at radius 2 is 2.06 bits per heavy atom. The fourth-order valence-electron chi connectivity index (χ4n) is 2.75. The molecule has 2 rings (SSSR count). The molecule has 94 valence electrons. The summed E-state index contributed by atoms with van der Waals surface area (Å²) < 4.78 is 0.985. The van der Waals surface area contributed by atoms with E-state index >= 15 is 0 Å². The summed E-state index contributed by atoms with van der Waals surface area (Å²) >= 11 is 3.38. The van der Waals surface area contributed by atoms with Crippen molar-refractivity contribution in [1.82, 2.24) is 4.98 Å². The molecular weight excluding hydrogens is 278 g/mol. The van der Waals surface area contributed by atoms with Crippen LogP contribution in [-0.2, 0) is 6.42 Å². The van der Waals surface area contributed by atoms with Crippen molar-refractivity contribution in [3.8, 4) is 0 Å². The van der Waals surface area contributed by atoms with Crippen molar-refractivity contribution in [1.29, 1.82) is 0 Å². The van der Waals surface area contributed by atoms with Gasteiger partial charge in [-0.3, -0.25) is 4.98 Å². The van der Waals surface area contributed by atoms with E-state index in [4.69, 9.17) is 0 Å². The van der Waals surface area contributed by atoms with Crippen LogP contribution in [0.1, 0.15) is 44.7 Å². The van der Waals surface area contributed by atoms with Crippen molar-refractivity contribution < 1.29 is 5.11 Å². The monoisotopic (exact) mass is 297 g/mol. The minimum absolute atomic E-state index is 0.432. The molecule has 0 aromatic carbocycles. The molecule has 0 saturated heterocycles. The van der Waals surface area contributed by atoms with Crippen molar-refractivity contribution in [3.63, 3.8) is 0 Å². The minimum atomic E-state index is -0.610. The summed E-state index contributed by atoms with van der Waals surface area (Å²) in [7, 11) is 0. The van der Waals surface area contributed by atoms with Crippen LogP contribution in [0.5, 0.6) is 0 Å². The molecule has 0 aliphatic heterocycles. The van der Waals surface area contributed by atoms with Crippen LogP contribution < -0.4 is 0 Å². The maximum Gasteiger partial charge on any atom is 0.0703 e. The lowest BCUT2D eigenvalue weighted by Gasteiger charge is -2.35. The summed E-state index contributed by atoms with van der Waals surface area (Å²) in [6.07, 6.45) is 8.61. The van der Waals surface area contributed by atoms with Crippen LogP contribution in [0.3, 0.4) is 0 Å². The summed E-state index contributed by atoms with van der Waals surface area (Å²) in [5.74, 6) is 0.432. The van der Waals surface area contributed by atoms with Crippen LogP contribution in [0.4, 0.5) is 0 Å². The zero-order valence-electron chi connectivity index (χ0n) is 10.3. The Balaban J connectivity index is 2.02. The number of hydrogen-bond acceptors (Lipinski definition) is 2. The molecule has 3 heteroatoms. The number of pyridine rings is 1. The molecule has 1 aromatic heterocycles. The first-order chi connectivity index (χ1) is 8.08. The van der Waals surface area contributed by atoms with Gasteiger partial charge in [0.25, 0.3) is 0 Å². The lowest BCUT2D eigenvalue weighted by molar-refractivity contribution is -0.0167. The van der Waals surface area contributed by atoms with Gasteiger partial charge in [-0.05, 0) is 53.7 Å². The molecule has 1 atom stereocenters. The van der Waals surface area contributed by atoms with E-state index in [9.17, 15) is 5.11 Å². The molecule has 2 nitrogen and oxygen atoms in total. The van der Waals surface area contributed by atoms with E-state index in [2.05, 4.69) is 20.9 Å². The standard InChI is InChI=1S/C14H20BrNO/c1-14(17,11-5-3-2-4-6-11)9-13-8-7-12(15)10-16-13/h7-8,10-11,17H,2-6,9H2,1H3. The van der Waals surface area contributed by atoms with Gasteiger partial charge < -0.3 is 5.11 Å². The largest absolute Gasteiger partial charge is 0.389 e. The molecular formula is C14H20BrNO. The van der Waals surface area contributed by atoms with Crippen molar-refractivity contribution in [3.05, 3.63) is 28.5 Å². The van der Waals surface area contributed by atoms with E-state index in [1.165, 1.54) is 19.3 Å². The van der Waals surface area contributed by atoms with Crippen molar-refractivity contribution in [2.24, 2.45) is 5.92 Å². The summed E-state index contributed by atoms with van der Waals surface area (Å²) in [6.45, 7) is 1.96. The van der Waals surface area contributed by atoms with Gasteiger partial charge in [-0.25, -0.2) is 0 Å². The zero-order valence-corrected chi connectivity index (χ0v) is 11.9. The van der Waals surface area contributed by atoms with Crippen LogP contribution in [0.2, 0.25) is 0 Å². The molecule has 1 fully saturated rings. The summed E-state index contributed by atoms with van der Waals surface area (Å²) in [4.78, 5) is 4.35. The Bertz CT molecular complexity index is 355. The first kappa shape index (κ1) is 13.0. The van der Waals surface area contributed by atoms with Gasteiger partial charge in [0.05, 0.1) is 5.60 Å². The zero-order chi connectivity index (χ0) is 12.3. The number of aliphatic hydroxyl groups is 1. The van der Waals surface area contributed by atoms with E-state index in [0.717, 1.165) is 23.0 Å². The Morgan fingerprint density at radius 1 is 1.35 bits per heavy atom. The molecule has 0 bridgehead atoms. The van der Waals surface area contributed by atoms with E-state index in [1.54, 1.807) is 6.20 Å². The molecule has 1 aromatic rings. The predicted molar refractivity (Wildman–Crippen MR) is 72.8 cm³/mol. The Hall–Kier alpha value is -0.410. The van der Waals surface area contributed by atoms with Crippen molar-refractivity contribution >= 4 is 15.9 Å². The maximum absolute atomic E-state index is 10.6. The molecule has 1 N–H and O–H groups in total. The van der Waals surface area contributed by atoms with Gasteiger partial charge in [0.2, 0.25) is 0 Å². The molecule has 0 amide bonds. The van der Waals surface area contributed by atoms with Crippen LogP contribution in [0.15, 0.2) is 22.8 Å². The maximum atomic E-state index is 10.6. The molecule has 1 aliphatic carbocycles. The van der Waals surface area contributed by atoms with Crippen LogP contribution in [0, 0.1) is 5.92 Å². The molecule has 0 radical (unpaired) electrons. The van der Waals surface area contributed by atoms with Gasteiger partial charge in [0, 0.05) is 22.8 Å². The number of rotatable bonds is 3. The highest BCUT2D eigenvalue weighted by molar-refractivity contribution is 9.10. The second-order valence-corrected chi connectivity index (χ2v) is 6.25. The number of halogens is 1. The fraction of sp³-hybridized carbons (Fsp3) is 0.643. The second kappa shape index (κ2) is 5.49. The summed E-state index contributed by atoms with van der Waals surface area (Å²) in [6, 6.07) is 3.97. The summed E-state index contributed by atoms with van der Waals surface area (Å²) in [5.41, 5.74) is 0.366. The highest BCUT2D eigenvalue weighted by Gasteiger charge is 2.33. The second-order valence-electron chi connectivity index (χ2n) is 5.34. The topological polar surface area (TPSA) is 33.1 Å². The molecule has 1 aliphatic rings. The van der Waals surface area contributed by atoms with Gasteiger partial charge in [0.15, 0.2) is 0 Å². The van der Waals surface area contributed by atoms with Crippen molar-refractivity contribution in [2.75, 3.05) is 0 Å². The Morgan fingerprint density at radius 3 is 2.65 bits per heavy atom. The average Bonchev–Trinajstić information content (AvgIpc) is 2.33. The van der Waals surface area contributed by atoms with E-state index in [-0.39, 0.29) is 0 Å². The van der Waals surface area contributed by atoms with Gasteiger partial charge in [-0.15, -0.1) is 0 Å². The van der Waals surface area contributed by atoms with Gasteiger partial charge in [0.1, 0.15) is 0 Å². The van der Waals surface area contributed by atoms with Crippen LogP contribution >= 0.6 is 15.9 Å². The quantitative estimate of drug-likeness (QED) is 0.922.